The number of unbranched alkanes of at least 4 members (excludes halogenated alkanes) is 2. The van der Waals surface area contributed by atoms with Gasteiger partial charge < -0.3 is 33.9 Å². The van der Waals surface area contributed by atoms with Crippen LogP contribution in [0.1, 0.15) is 67.5 Å². The van der Waals surface area contributed by atoms with Gasteiger partial charge in [0.2, 0.25) is 0 Å². The third-order valence-electron chi connectivity index (χ3n) is 12.3. The molecule has 1 unspecified atom stereocenters. The number of thiazole rings is 1. The summed E-state index contributed by atoms with van der Waals surface area (Å²) in [6.45, 7) is 10.8. The topological polar surface area (TPSA) is 54.1 Å². The summed E-state index contributed by atoms with van der Waals surface area (Å²) in [4.78, 5) is 7.25. The second-order valence-electron chi connectivity index (χ2n) is 18.1. The van der Waals surface area contributed by atoms with Gasteiger partial charge in [-0.25, -0.2) is 0 Å². The molecule has 0 saturated carbocycles. The van der Waals surface area contributed by atoms with Gasteiger partial charge in [0, 0.05) is 69.2 Å². The molecule has 3 aliphatic heterocycles. The largest absolute Gasteiger partial charge is 0.393 e. The van der Waals surface area contributed by atoms with Crippen LogP contribution in [0.15, 0.2) is 77.8 Å². The molecule has 2 aromatic carbocycles. The van der Waals surface area contributed by atoms with E-state index in [-0.39, 0.29) is 12.2 Å². The van der Waals surface area contributed by atoms with E-state index in [0.29, 0.717) is 5.37 Å². The van der Waals surface area contributed by atoms with Crippen molar-refractivity contribution in [1.82, 2.24) is 4.90 Å². The smallest absolute Gasteiger partial charge is 0.261 e. The Morgan fingerprint density at radius 1 is 0.683 bits per heavy atom. The van der Waals surface area contributed by atoms with Gasteiger partial charge in [-0.2, -0.15) is 4.57 Å². The van der Waals surface area contributed by atoms with Crippen LogP contribution in [0, 0.1) is 0 Å². The number of aliphatic hydroxyl groups is 2. The van der Waals surface area contributed by atoms with E-state index in [9.17, 15) is 10.2 Å². The Balaban J connectivity index is 0.787. The van der Waals surface area contributed by atoms with Crippen LogP contribution < -0.4 is 14.4 Å². The molecule has 1 atom stereocenters. The van der Waals surface area contributed by atoms with Crippen molar-refractivity contribution >= 4 is 74.3 Å². The maximum absolute atomic E-state index is 9.82. The lowest BCUT2D eigenvalue weighted by molar-refractivity contribution is -0.888. The minimum Gasteiger partial charge on any atom is -0.393 e. The lowest BCUT2D eigenvalue weighted by Crippen LogP contribution is -2.43. The van der Waals surface area contributed by atoms with Gasteiger partial charge >= 0.3 is 0 Å². The van der Waals surface area contributed by atoms with Gasteiger partial charge in [-0.1, -0.05) is 69.3 Å². The quantitative estimate of drug-likeness (QED) is 0.0425. The molecule has 1 aromatic heterocycles. The molecule has 328 valence electrons. The first kappa shape index (κ1) is 47.1. The van der Waals surface area contributed by atoms with Gasteiger partial charge in [0.1, 0.15) is 6.54 Å². The van der Waals surface area contributed by atoms with Crippen molar-refractivity contribution in [1.29, 1.82) is 0 Å². The minimum atomic E-state index is -0.138. The Hall–Kier alpha value is -2.42. The third-order valence-corrected chi connectivity index (χ3v) is 16.5. The normalized spacial score (nSPS) is 18.6. The van der Waals surface area contributed by atoms with Crippen molar-refractivity contribution in [2.24, 2.45) is 0 Å². The van der Waals surface area contributed by atoms with Crippen LogP contribution in [0.4, 0.5) is 11.4 Å². The maximum Gasteiger partial charge on any atom is 0.261 e. The highest BCUT2D eigenvalue weighted by Crippen LogP contribution is 2.29. The molecule has 6 rings (SSSR count). The van der Waals surface area contributed by atoms with Crippen LogP contribution in [-0.2, 0) is 6.54 Å². The molecule has 3 aromatic rings. The number of piperidine rings is 2. The van der Waals surface area contributed by atoms with E-state index >= 15 is 0 Å². The number of anilines is 2. The van der Waals surface area contributed by atoms with Gasteiger partial charge in [-0.15, -0.1) is 11.8 Å². The lowest BCUT2D eigenvalue weighted by Gasteiger charge is -2.31. The first-order chi connectivity index (χ1) is 29.0. The maximum atomic E-state index is 9.82. The molecule has 2 saturated heterocycles. The number of aryl methyl sites for hydroxylation is 1. The highest BCUT2D eigenvalue weighted by atomic mass is 33.1. The van der Waals surface area contributed by atoms with Crippen molar-refractivity contribution in [3.8, 4) is 0 Å². The molecule has 3 aliphatic rings. The Labute approximate surface area is 378 Å². The fourth-order valence-corrected chi connectivity index (χ4v) is 12.3. The van der Waals surface area contributed by atoms with Crippen molar-refractivity contribution in [2.75, 3.05) is 108 Å². The summed E-state index contributed by atoms with van der Waals surface area (Å²) in [5.74, 6) is 2.41. The van der Waals surface area contributed by atoms with E-state index in [1.165, 1.54) is 90.9 Å². The Morgan fingerprint density at radius 2 is 1.22 bits per heavy atom. The summed E-state index contributed by atoms with van der Waals surface area (Å²) >= 11 is 3.71. The molecule has 2 N–H and O–H groups in total. The SMILES string of the molecule is C[N+](C)(CCCCN1C=CSC1/C=C/c1ccc(N2CCC(O)CC2)cc1)CCSSCC[N+](C)(C)CCCC[n+]1ccsc1/C=C/c1ccc(N2CCC(O)CC2)cc1. The fourth-order valence-electron chi connectivity index (χ4n) is 8.12. The predicted octanol–water partition coefficient (Wildman–Crippen LogP) is 8.78. The standard InChI is InChI=1S/C48H73N6O2S4/c1-53(2,33-7-5-25-51-31-37-57-47(51)19-13-41-9-15-43(16-10-41)49-27-21-45(55)22-28-49)35-39-59-60-40-36-54(3,4)34-8-6-26-52-32-38-58-48(52)20-14-42-11-17-44(18-12-42)50-29-23-46(56)24-30-50/h9-20,31-32,37-38,45-47,55-56H,5-8,21-30,33-36,39-40H2,1-4H3/q+3/b19-13+. The van der Waals surface area contributed by atoms with E-state index in [1.807, 2.05) is 23.1 Å². The summed E-state index contributed by atoms with van der Waals surface area (Å²) in [6.07, 6.45) is 21.7. The zero-order valence-electron chi connectivity index (χ0n) is 36.8. The molecule has 0 amide bonds. The molecule has 0 spiro atoms. The van der Waals surface area contributed by atoms with Crippen LogP contribution in [0.25, 0.3) is 18.2 Å². The number of nitrogens with zero attached hydrogens (tertiary/aromatic N) is 6. The van der Waals surface area contributed by atoms with Crippen molar-refractivity contribution in [2.45, 2.75) is 75.5 Å². The zero-order chi connectivity index (χ0) is 42.2. The number of hydrogen-bond donors (Lipinski definition) is 2. The number of thioether (sulfide) groups is 1. The molecular formula is C48H73N6O2S4+3. The number of hydrogen-bond acceptors (Lipinski definition) is 9. The molecule has 60 heavy (non-hydrogen) atoms. The van der Waals surface area contributed by atoms with E-state index < -0.39 is 0 Å². The average Bonchev–Trinajstić information content (AvgIpc) is 3.91. The van der Waals surface area contributed by atoms with Gasteiger partial charge in [0.05, 0.1) is 88.8 Å². The van der Waals surface area contributed by atoms with Crippen LogP contribution in [-0.4, -0.2) is 140 Å². The molecule has 0 aliphatic carbocycles. The van der Waals surface area contributed by atoms with Crippen LogP contribution >= 0.6 is 44.7 Å². The van der Waals surface area contributed by atoms with E-state index in [2.05, 4.69) is 165 Å². The summed E-state index contributed by atoms with van der Waals surface area (Å²) in [5.41, 5.74) is 4.98. The molecular weight excluding hydrogens is 821 g/mol. The molecule has 8 nitrogen and oxygen atoms in total. The minimum absolute atomic E-state index is 0.135. The summed E-state index contributed by atoms with van der Waals surface area (Å²) in [6, 6.07) is 17.7. The highest BCUT2D eigenvalue weighted by Gasteiger charge is 2.21. The molecule has 2 fully saturated rings. The van der Waals surface area contributed by atoms with Gasteiger partial charge in [0.25, 0.3) is 5.01 Å². The molecule has 12 heteroatoms. The second kappa shape index (κ2) is 23.9. The molecule has 0 radical (unpaired) electrons. The molecule has 4 heterocycles. The number of aliphatic hydroxyl groups excluding tert-OH is 2. The van der Waals surface area contributed by atoms with E-state index in [0.717, 1.165) is 73.9 Å². The first-order valence-corrected chi connectivity index (χ1v) is 26.7. The van der Waals surface area contributed by atoms with E-state index in [4.69, 9.17) is 0 Å². The predicted molar refractivity (Wildman–Crippen MR) is 265 cm³/mol. The first-order valence-electron chi connectivity index (χ1n) is 22.4. The average molecular weight is 894 g/mol. The zero-order valence-corrected chi connectivity index (χ0v) is 40.1. The highest BCUT2D eigenvalue weighted by molar-refractivity contribution is 8.76. The number of quaternary nitrogens is 2. The van der Waals surface area contributed by atoms with Crippen molar-refractivity contribution in [3.05, 3.63) is 93.9 Å². The van der Waals surface area contributed by atoms with Gasteiger partial charge in [-0.05, 0) is 85.4 Å². The number of rotatable bonds is 23. The van der Waals surface area contributed by atoms with Crippen molar-refractivity contribution < 1.29 is 23.7 Å². The third kappa shape index (κ3) is 15.7. The van der Waals surface area contributed by atoms with E-state index in [1.54, 1.807) is 0 Å². The Kier molecular flexibility index (Phi) is 18.7. The van der Waals surface area contributed by atoms with Gasteiger partial charge in [-0.3, -0.25) is 0 Å². The summed E-state index contributed by atoms with van der Waals surface area (Å²) in [5, 5.41) is 25.8. The van der Waals surface area contributed by atoms with Crippen molar-refractivity contribution in [3.63, 3.8) is 0 Å². The number of benzene rings is 2. The second-order valence-corrected chi connectivity index (χ2v) is 22.8. The number of aromatic nitrogens is 1. The lowest BCUT2D eigenvalue weighted by atomic mass is 10.1. The van der Waals surface area contributed by atoms with Crippen LogP contribution in [0.2, 0.25) is 0 Å². The summed E-state index contributed by atoms with van der Waals surface area (Å²) in [7, 11) is 13.7. The molecule has 0 bridgehead atoms. The fraction of sp³-hybridized carbons (Fsp3) is 0.562. The summed E-state index contributed by atoms with van der Waals surface area (Å²) < 4.78 is 4.59. The van der Waals surface area contributed by atoms with Crippen LogP contribution in [0.3, 0.4) is 0 Å². The Morgan fingerprint density at radius 3 is 1.78 bits per heavy atom. The van der Waals surface area contributed by atoms with Crippen LogP contribution in [0.5, 0.6) is 0 Å². The Bertz CT molecular complexity index is 1780. The monoisotopic (exact) mass is 893 g/mol. The van der Waals surface area contributed by atoms with Gasteiger partial charge in [0.15, 0.2) is 6.20 Å².